The number of hydrogen-bond acceptors (Lipinski definition) is 1. The molecule has 0 amide bonds. The van der Waals surface area contributed by atoms with Crippen molar-refractivity contribution in [2.45, 2.75) is 116 Å². The Hall–Kier alpha value is -0.820. The van der Waals surface area contributed by atoms with E-state index in [-0.39, 0.29) is 0 Å². The van der Waals surface area contributed by atoms with Crippen LogP contribution in [0.4, 0.5) is 0 Å². The van der Waals surface area contributed by atoms with Crippen LogP contribution in [0.15, 0.2) is 37.0 Å². The van der Waals surface area contributed by atoms with E-state index in [0.29, 0.717) is 12.0 Å². The van der Waals surface area contributed by atoms with E-state index in [9.17, 15) is 0 Å². The van der Waals surface area contributed by atoms with Crippen molar-refractivity contribution in [2.24, 2.45) is 41.4 Å². The van der Waals surface area contributed by atoms with Gasteiger partial charge in [-0.25, -0.2) is 0 Å². The van der Waals surface area contributed by atoms with Crippen LogP contribution in [0, 0.1) is 41.4 Å². The molecule has 0 aromatic carbocycles. The Morgan fingerprint density at radius 3 is 1.73 bits per heavy atom. The average molecular weight is 453 g/mol. The molecule has 0 aromatic heterocycles. The van der Waals surface area contributed by atoms with Gasteiger partial charge in [0.1, 0.15) is 0 Å². The van der Waals surface area contributed by atoms with E-state index in [1.165, 1.54) is 103 Å². The van der Waals surface area contributed by atoms with Gasteiger partial charge in [0.05, 0.1) is 12.7 Å². The molecule has 4 aliphatic rings. The van der Waals surface area contributed by atoms with Crippen LogP contribution in [0.5, 0.6) is 0 Å². The second-order valence-electron chi connectivity index (χ2n) is 12.1. The van der Waals surface area contributed by atoms with Crippen LogP contribution < -0.4 is 0 Å². The van der Waals surface area contributed by atoms with Gasteiger partial charge in [-0.2, -0.15) is 0 Å². The molecular formula is C32H52O. The highest BCUT2D eigenvalue weighted by molar-refractivity contribution is 4.99. The zero-order valence-electron chi connectivity index (χ0n) is 21.6. The summed E-state index contributed by atoms with van der Waals surface area (Å²) in [4.78, 5) is 0. The van der Waals surface area contributed by atoms with E-state index in [2.05, 4.69) is 43.9 Å². The summed E-state index contributed by atoms with van der Waals surface area (Å²) in [6, 6.07) is 0. The summed E-state index contributed by atoms with van der Waals surface area (Å²) < 4.78 is 6.41. The summed E-state index contributed by atoms with van der Waals surface area (Å²) >= 11 is 0. The lowest BCUT2D eigenvalue weighted by Gasteiger charge is -2.37. The maximum Gasteiger partial charge on any atom is 0.0575 e. The minimum atomic E-state index is 0.540. The lowest BCUT2D eigenvalue weighted by molar-refractivity contribution is -0.00511. The molecule has 0 radical (unpaired) electrons. The van der Waals surface area contributed by atoms with E-state index in [1.807, 2.05) is 0 Å². The number of ether oxygens (including phenoxy) is 1. The summed E-state index contributed by atoms with van der Waals surface area (Å²) in [5.74, 6) is 5.98. The van der Waals surface area contributed by atoms with Gasteiger partial charge in [-0.3, -0.25) is 0 Å². The molecule has 33 heavy (non-hydrogen) atoms. The van der Waals surface area contributed by atoms with Crippen molar-refractivity contribution in [3.8, 4) is 0 Å². The molecule has 0 spiro atoms. The molecule has 2 atom stereocenters. The fourth-order valence-corrected chi connectivity index (χ4v) is 7.37. The molecule has 0 aromatic rings. The predicted molar refractivity (Wildman–Crippen MR) is 142 cm³/mol. The lowest BCUT2D eigenvalue weighted by Crippen LogP contribution is -2.29. The zero-order valence-corrected chi connectivity index (χ0v) is 21.6. The first-order valence-corrected chi connectivity index (χ1v) is 14.8. The molecule has 2 unspecified atom stereocenters. The van der Waals surface area contributed by atoms with Crippen molar-refractivity contribution in [1.29, 1.82) is 0 Å². The fraction of sp³-hybridized carbons (Fsp3) is 0.812. The summed E-state index contributed by atoms with van der Waals surface area (Å²) in [5, 5.41) is 0. The van der Waals surface area contributed by atoms with Crippen molar-refractivity contribution in [2.75, 3.05) is 6.61 Å². The maximum atomic E-state index is 6.41. The van der Waals surface area contributed by atoms with Gasteiger partial charge in [0, 0.05) is 5.92 Å². The standard InChI is InChI=1S/C32H52O/c1-3-5-26-12-14-29(15-13-26)24-33-32-22-20-31(21-23-32)30-18-16-28(17-19-30)11-10-27-8-6-25(4-2)7-9-27/h4,10-12,14,25-32H,2-3,5-9,13,15-24H2,1H3/b11-10+. The van der Waals surface area contributed by atoms with Crippen LogP contribution >= 0.6 is 0 Å². The normalized spacial score (nSPS) is 40.2. The molecule has 1 nitrogen and oxygen atoms in total. The lowest BCUT2D eigenvalue weighted by atomic mass is 9.70. The molecule has 0 bridgehead atoms. The molecule has 4 aliphatic carbocycles. The van der Waals surface area contributed by atoms with E-state index in [4.69, 9.17) is 4.74 Å². The van der Waals surface area contributed by atoms with E-state index in [0.717, 1.165) is 42.1 Å². The van der Waals surface area contributed by atoms with Crippen molar-refractivity contribution in [3.63, 3.8) is 0 Å². The van der Waals surface area contributed by atoms with Gasteiger partial charge in [0.2, 0.25) is 0 Å². The molecule has 186 valence electrons. The van der Waals surface area contributed by atoms with Gasteiger partial charge >= 0.3 is 0 Å². The minimum Gasteiger partial charge on any atom is -0.378 e. The van der Waals surface area contributed by atoms with E-state index >= 15 is 0 Å². The Labute approximate surface area is 205 Å². The highest BCUT2D eigenvalue weighted by Crippen LogP contribution is 2.41. The molecule has 0 saturated heterocycles. The Kier molecular flexibility index (Phi) is 10.2. The first-order valence-electron chi connectivity index (χ1n) is 14.8. The van der Waals surface area contributed by atoms with Gasteiger partial charge in [-0.1, -0.05) is 43.7 Å². The van der Waals surface area contributed by atoms with Gasteiger partial charge < -0.3 is 4.74 Å². The SMILES string of the molecule is C=CC1CCC(/C=C/C2CCC(C3CCC(OCC4C=CC(CCC)CC4)CC3)CC2)CC1. The molecule has 1 heteroatoms. The van der Waals surface area contributed by atoms with Gasteiger partial charge in [0.25, 0.3) is 0 Å². The highest BCUT2D eigenvalue weighted by Gasteiger charge is 2.31. The monoisotopic (exact) mass is 452 g/mol. The van der Waals surface area contributed by atoms with Gasteiger partial charge in [-0.15, -0.1) is 6.58 Å². The molecule has 0 heterocycles. The van der Waals surface area contributed by atoms with Gasteiger partial charge in [-0.05, 0) is 132 Å². The third-order valence-electron chi connectivity index (χ3n) is 9.78. The molecule has 4 rings (SSSR count). The second kappa shape index (κ2) is 13.3. The van der Waals surface area contributed by atoms with Crippen LogP contribution in [0.3, 0.4) is 0 Å². The first kappa shape index (κ1) is 25.3. The molecular weight excluding hydrogens is 400 g/mol. The number of allylic oxidation sites excluding steroid dienone is 4. The Bertz CT molecular complexity index is 608. The quantitative estimate of drug-likeness (QED) is 0.317. The van der Waals surface area contributed by atoms with Crippen LogP contribution in [-0.2, 0) is 4.74 Å². The van der Waals surface area contributed by atoms with Crippen LogP contribution in [-0.4, -0.2) is 12.7 Å². The number of hydrogen-bond donors (Lipinski definition) is 0. The van der Waals surface area contributed by atoms with Crippen LogP contribution in [0.25, 0.3) is 0 Å². The first-order chi connectivity index (χ1) is 16.2. The van der Waals surface area contributed by atoms with E-state index < -0.39 is 0 Å². The molecule has 0 aliphatic heterocycles. The van der Waals surface area contributed by atoms with E-state index in [1.54, 1.807) is 0 Å². The smallest absolute Gasteiger partial charge is 0.0575 e. The maximum absolute atomic E-state index is 6.41. The fourth-order valence-electron chi connectivity index (χ4n) is 7.37. The summed E-state index contributed by atoms with van der Waals surface area (Å²) in [5.41, 5.74) is 0. The Balaban J connectivity index is 1.09. The third kappa shape index (κ3) is 7.84. The van der Waals surface area contributed by atoms with Crippen LogP contribution in [0.2, 0.25) is 0 Å². The van der Waals surface area contributed by atoms with Crippen molar-refractivity contribution in [3.05, 3.63) is 37.0 Å². The largest absolute Gasteiger partial charge is 0.378 e. The minimum absolute atomic E-state index is 0.540. The molecule has 3 fully saturated rings. The van der Waals surface area contributed by atoms with Crippen molar-refractivity contribution >= 4 is 0 Å². The summed E-state index contributed by atoms with van der Waals surface area (Å²) in [6.45, 7) is 7.26. The molecule has 3 saturated carbocycles. The summed E-state index contributed by atoms with van der Waals surface area (Å²) in [6.07, 6.45) is 35.0. The van der Waals surface area contributed by atoms with Crippen LogP contribution in [0.1, 0.15) is 110 Å². The average Bonchev–Trinajstić information content (AvgIpc) is 2.88. The Morgan fingerprint density at radius 1 is 0.667 bits per heavy atom. The Morgan fingerprint density at radius 2 is 1.18 bits per heavy atom. The van der Waals surface area contributed by atoms with Gasteiger partial charge in [0.15, 0.2) is 0 Å². The molecule has 0 N–H and O–H groups in total. The summed E-state index contributed by atoms with van der Waals surface area (Å²) in [7, 11) is 0. The second-order valence-corrected chi connectivity index (χ2v) is 12.1. The topological polar surface area (TPSA) is 9.23 Å². The van der Waals surface area contributed by atoms with Crippen molar-refractivity contribution < 1.29 is 4.74 Å². The highest BCUT2D eigenvalue weighted by atomic mass is 16.5. The third-order valence-corrected chi connectivity index (χ3v) is 9.78. The zero-order chi connectivity index (χ0) is 22.9. The van der Waals surface area contributed by atoms with Crippen molar-refractivity contribution in [1.82, 2.24) is 0 Å². The number of rotatable bonds is 9. The predicted octanol–water partition coefficient (Wildman–Crippen LogP) is 9.30.